The van der Waals surface area contributed by atoms with Gasteiger partial charge in [0.15, 0.2) is 0 Å². The number of ether oxygens (including phenoxy) is 2. The molecule has 16 heavy (non-hydrogen) atoms. The van der Waals surface area contributed by atoms with Gasteiger partial charge in [-0.2, -0.15) is 0 Å². The maximum absolute atomic E-state index is 6.08. The Morgan fingerprint density at radius 3 is 3.12 bits per heavy atom. The highest BCUT2D eigenvalue weighted by molar-refractivity contribution is 9.10. The number of halogens is 1. The van der Waals surface area contributed by atoms with E-state index in [1.54, 1.807) is 0 Å². The third kappa shape index (κ3) is 2.39. The third-order valence-electron chi connectivity index (χ3n) is 2.71. The Hall–Kier alpha value is -0.580. The van der Waals surface area contributed by atoms with Crippen LogP contribution < -0.4 is 10.5 Å². The lowest BCUT2D eigenvalue weighted by Crippen LogP contribution is -2.16. The molecule has 0 amide bonds. The van der Waals surface area contributed by atoms with Gasteiger partial charge < -0.3 is 15.2 Å². The summed E-state index contributed by atoms with van der Waals surface area (Å²) in [7, 11) is 0. The summed E-state index contributed by atoms with van der Waals surface area (Å²) in [5.74, 6) is 0.866. The number of hydrogen-bond donors (Lipinski definition) is 1. The zero-order valence-corrected chi connectivity index (χ0v) is 10.9. The van der Waals surface area contributed by atoms with E-state index in [4.69, 9.17) is 15.2 Å². The van der Waals surface area contributed by atoms with Crippen LogP contribution in [0.1, 0.15) is 24.1 Å². The maximum atomic E-state index is 6.08. The molecule has 0 aromatic heterocycles. The molecule has 0 radical (unpaired) electrons. The standard InChI is InChI=1S/C12H16BrNO2/c1-2-16-8-5-10-9(11(13)6-8)3-4-15-7-12(10)14/h5-6,12H,2-4,7,14H2,1H3. The molecule has 1 heterocycles. The van der Waals surface area contributed by atoms with Crippen molar-refractivity contribution in [1.29, 1.82) is 0 Å². The van der Waals surface area contributed by atoms with E-state index in [2.05, 4.69) is 15.9 Å². The summed E-state index contributed by atoms with van der Waals surface area (Å²) in [4.78, 5) is 0. The van der Waals surface area contributed by atoms with Crippen molar-refractivity contribution in [1.82, 2.24) is 0 Å². The molecule has 88 valence electrons. The van der Waals surface area contributed by atoms with Gasteiger partial charge in [-0.1, -0.05) is 15.9 Å². The van der Waals surface area contributed by atoms with Crippen LogP contribution in [0.2, 0.25) is 0 Å². The van der Waals surface area contributed by atoms with Crippen LogP contribution in [0.3, 0.4) is 0 Å². The van der Waals surface area contributed by atoms with Gasteiger partial charge in [0, 0.05) is 4.47 Å². The molecule has 0 saturated heterocycles. The van der Waals surface area contributed by atoms with E-state index < -0.39 is 0 Å². The number of fused-ring (bicyclic) bond motifs is 1. The molecule has 2 rings (SSSR count). The topological polar surface area (TPSA) is 44.5 Å². The summed E-state index contributed by atoms with van der Waals surface area (Å²) in [6.07, 6.45) is 0.899. The van der Waals surface area contributed by atoms with E-state index in [0.29, 0.717) is 13.2 Å². The molecule has 1 aromatic carbocycles. The highest BCUT2D eigenvalue weighted by atomic mass is 79.9. The molecule has 0 fully saturated rings. The average Bonchev–Trinajstić information content (AvgIpc) is 2.43. The first-order chi connectivity index (χ1) is 7.72. The highest BCUT2D eigenvalue weighted by Crippen LogP contribution is 2.32. The summed E-state index contributed by atoms with van der Waals surface area (Å²) >= 11 is 3.57. The highest BCUT2D eigenvalue weighted by Gasteiger charge is 2.19. The molecule has 0 saturated carbocycles. The minimum Gasteiger partial charge on any atom is -0.494 e. The van der Waals surface area contributed by atoms with Crippen molar-refractivity contribution in [3.63, 3.8) is 0 Å². The van der Waals surface area contributed by atoms with Gasteiger partial charge in [0.1, 0.15) is 5.75 Å². The third-order valence-corrected chi connectivity index (χ3v) is 3.42. The SMILES string of the molecule is CCOc1cc(Br)c2c(c1)C(N)COCC2. The molecule has 1 atom stereocenters. The number of benzene rings is 1. The first-order valence-electron chi connectivity index (χ1n) is 5.50. The molecule has 1 aromatic rings. The normalized spacial score (nSPS) is 20.1. The van der Waals surface area contributed by atoms with Crippen molar-refractivity contribution in [2.24, 2.45) is 5.73 Å². The predicted octanol–water partition coefficient (Wildman–Crippen LogP) is 2.42. The zero-order valence-electron chi connectivity index (χ0n) is 9.33. The number of hydrogen-bond acceptors (Lipinski definition) is 3. The van der Waals surface area contributed by atoms with Crippen molar-refractivity contribution < 1.29 is 9.47 Å². The summed E-state index contributed by atoms with van der Waals surface area (Å²) in [5, 5.41) is 0. The van der Waals surface area contributed by atoms with E-state index in [1.165, 1.54) is 5.56 Å². The first-order valence-corrected chi connectivity index (χ1v) is 6.30. The number of nitrogens with two attached hydrogens (primary N) is 1. The van der Waals surface area contributed by atoms with Crippen LogP contribution in [0, 0.1) is 0 Å². The van der Waals surface area contributed by atoms with Crippen LogP contribution in [0.15, 0.2) is 16.6 Å². The van der Waals surface area contributed by atoms with Gasteiger partial charge in [-0.05, 0) is 36.6 Å². The quantitative estimate of drug-likeness (QED) is 0.908. The predicted molar refractivity (Wildman–Crippen MR) is 66.8 cm³/mol. The maximum Gasteiger partial charge on any atom is 0.120 e. The minimum absolute atomic E-state index is 0.0609. The van der Waals surface area contributed by atoms with E-state index in [-0.39, 0.29) is 6.04 Å². The Labute approximate surface area is 104 Å². The smallest absolute Gasteiger partial charge is 0.120 e. The Morgan fingerprint density at radius 2 is 2.38 bits per heavy atom. The monoisotopic (exact) mass is 285 g/mol. The lowest BCUT2D eigenvalue weighted by Gasteiger charge is -2.15. The van der Waals surface area contributed by atoms with Crippen LogP contribution in [-0.2, 0) is 11.2 Å². The minimum atomic E-state index is -0.0609. The van der Waals surface area contributed by atoms with E-state index >= 15 is 0 Å². The van der Waals surface area contributed by atoms with Crippen molar-refractivity contribution in [3.05, 3.63) is 27.7 Å². The summed E-state index contributed by atoms with van der Waals surface area (Å²) in [6, 6.07) is 3.97. The van der Waals surface area contributed by atoms with Gasteiger partial charge in [-0.15, -0.1) is 0 Å². The zero-order chi connectivity index (χ0) is 11.5. The molecule has 1 aliphatic rings. The molecular weight excluding hydrogens is 270 g/mol. The van der Waals surface area contributed by atoms with Gasteiger partial charge in [0.05, 0.1) is 25.9 Å². The molecule has 0 aliphatic carbocycles. The van der Waals surface area contributed by atoms with Gasteiger partial charge in [-0.25, -0.2) is 0 Å². The molecule has 2 N–H and O–H groups in total. The van der Waals surface area contributed by atoms with Crippen LogP contribution >= 0.6 is 15.9 Å². The fourth-order valence-electron chi connectivity index (χ4n) is 1.95. The largest absolute Gasteiger partial charge is 0.494 e. The van der Waals surface area contributed by atoms with Crippen molar-refractivity contribution in [2.45, 2.75) is 19.4 Å². The molecule has 0 spiro atoms. The van der Waals surface area contributed by atoms with Crippen LogP contribution in [-0.4, -0.2) is 19.8 Å². The van der Waals surface area contributed by atoms with E-state index in [9.17, 15) is 0 Å². The van der Waals surface area contributed by atoms with Gasteiger partial charge in [0.25, 0.3) is 0 Å². The fourth-order valence-corrected chi connectivity index (χ4v) is 2.60. The molecule has 3 nitrogen and oxygen atoms in total. The van der Waals surface area contributed by atoms with Crippen molar-refractivity contribution >= 4 is 15.9 Å². The molecule has 1 aliphatic heterocycles. The van der Waals surface area contributed by atoms with Crippen LogP contribution in [0.4, 0.5) is 0 Å². The first kappa shape index (κ1) is 11.9. The summed E-state index contributed by atoms with van der Waals surface area (Å²) in [6.45, 7) is 3.95. The van der Waals surface area contributed by atoms with Gasteiger partial charge in [-0.3, -0.25) is 0 Å². The Morgan fingerprint density at radius 1 is 1.56 bits per heavy atom. The average molecular weight is 286 g/mol. The van der Waals surface area contributed by atoms with Crippen molar-refractivity contribution in [2.75, 3.05) is 19.8 Å². The Balaban J connectivity index is 2.42. The molecular formula is C12H16BrNO2. The van der Waals surface area contributed by atoms with E-state index in [0.717, 1.165) is 28.8 Å². The molecule has 4 heteroatoms. The summed E-state index contributed by atoms with van der Waals surface area (Å²) in [5.41, 5.74) is 8.46. The number of rotatable bonds is 2. The Bertz CT molecular complexity index is 382. The molecule has 1 unspecified atom stereocenters. The van der Waals surface area contributed by atoms with Crippen LogP contribution in [0.25, 0.3) is 0 Å². The lowest BCUT2D eigenvalue weighted by atomic mass is 10.00. The lowest BCUT2D eigenvalue weighted by molar-refractivity contribution is 0.131. The van der Waals surface area contributed by atoms with Gasteiger partial charge >= 0.3 is 0 Å². The second-order valence-electron chi connectivity index (χ2n) is 3.84. The second-order valence-corrected chi connectivity index (χ2v) is 4.69. The Kier molecular flexibility index (Phi) is 3.84. The second kappa shape index (κ2) is 5.17. The van der Waals surface area contributed by atoms with Crippen molar-refractivity contribution in [3.8, 4) is 5.75 Å². The summed E-state index contributed by atoms with van der Waals surface area (Å²) < 4.78 is 12.0. The van der Waals surface area contributed by atoms with Gasteiger partial charge in [0.2, 0.25) is 0 Å². The van der Waals surface area contributed by atoms with E-state index in [1.807, 2.05) is 19.1 Å². The van der Waals surface area contributed by atoms with Crippen LogP contribution in [0.5, 0.6) is 5.75 Å². The fraction of sp³-hybridized carbons (Fsp3) is 0.500. The molecule has 0 bridgehead atoms.